The van der Waals surface area contributed by atoms with Crippen LogP contribution in [0.1, 0.15) is 16.7 Å². The zero-order valence-electron chi connectivity index (χ0n) is 16.2. The summed E-state index contributed by atoms with van der Waals surface area (Å²) in [6.07, 6.45) is 1.53. The number of carbonyl (C=O) groups is 1. The van der Waals surface area contributed by atoms with Crippen LogP contribution < -0.4 is 10.1 Å². The molecular formula is C24H18Br2N2O2. The SMILES string of the molecule is Cc1ccccc1NC(=O)/C(C#N)=C/c1cc(Br)cc(Br)c1OCc1ccccc1. The summed E-state index contributed by atoms with van der Waals surface area (Å²) < 4.78 is 7.53. The highest BCUT2D eigenvalue weighted by atomic mass is 79.9. The number of anilines is 1. The molecule has 30 heavy (non-hydrogen) atoms. The molecule has 0 saturated carbocycles. The van der Waals surface area contributed by atoms with Crippen LogP contribution in [-0.2, 0) is 11.4 Å². The summed E-state index contributed by atoms with van der Waals surface area (Å²) in [5.74, 6) is 0.0791. The van der Waals surface area contributed by atoms with Gasteiger partial charge in [-0.1, -0.05) is 64.5 Å². The Morgan fingerprint density at radius 2 is 1.80 bits per heavy atom. The average Bonchev–Trinajstić information content (AvgIpc) is 2.73. The Hall–Kier alpha value is -2.88. The Morgan fingerprint density at radius 1 is 1.10 bits per heavy atom. The van der Waals surface area contributed by atoms with Crippen LogP contribution in [0.3, 0.4) is 0 Å². The lowest BCUT2D eigenvalue weighted by molar-refractivity contribution is -0.112. The van der Waals surface area contributed by atoms with Crippen LogP contribution in [0.4, 0.5) is 5.69 Å². The Morgan fingerprint density at radius 3 is 2.50 bits per heavy atom. The first-order chi connectivity index (χ1) is 14.5. The third-order valence-corrected chi connectivity index (χ3v) is 5.37. The van der Waals surface area contributed by atoms with E-state index in [-0.39, 0.29) is 5.57 Å². The molecule has 150 valence electrons. The van der Waals surface area contributed by atoms with Gasteiger partial charge in [-0.15, -0.1) is 0 Å². The molecule has 0 aliphatic carbocycles. The fraction of sp³-hybridized carbons (Fsp3) is 0.0833. The number of rotatable bonds is 6. The van der Waals surface area contributed by atoms with Crippen molar-refractivity contribution in [2.75, 3.05) is 5.32 Å². The van der Waals surface area contributed by atoms with Crippen molar-refractivity contribution in [2.24, 2.45) is 0 Å². The van der Waals surface area contributed by atoms with Gasteiger partial charge in [0.05, 0.1) is 4.47 Å². The van der Waals surface area contributed by atoms with Gasteiger partial charge >= 0.3 is 0 Å². The highest BCUT2D eigenvalue weighted by Gasteiger charge is 2.15. The van der Waals surface area contributed by atoms with Crippen molar-refractivity contribution in [3.63, 3.8) is 0 Å². The van der Waals surface area contributed by atoms with E-state index in [0.717, 1.165) is 20.1 Å². The van der Waals surface area contributed by atoms with Gasteiger partial charge in [-0.2, -0.15) is 5.26 Å². The van der Waals surface area contributed by atoms with Crippen molar-refractivity contribution in [3.05, 3.63) is 97.9 Å². The molecule has 1 amide bonds. The number of halogens is 2. The van der Waals surface area contributed by atoms with Gasteiger partial charge in [0.15, 0.2) is 0 Å². The van der Waals surface area contributed by atoms with Crippen molar-refractivity contribution >= 4 is 49.5 Å². The molecule has 1 N–H and O–H groups in total. The number of nitrogens with one attached hydrogen (secondary N) is 1. The fourth-order valence-electron chi connectivity index (χ4n) is 2.78. The molecule has 3 rings (SSSR count). The maximum absolute atomic E-state index is 12.7. The third-order valence-electron chi connectivity index (χ3n) is 4.32. The second-order valence-electron chi connectivity index (χ2n) is 6.52. The van der Waals surface area contributed by atoms with Crippen molar-refractivity contribution in [3.8, 4) is 11.8 Å². The molecule has 4 nitrogen and oxygen atoms in total. The second-order valence-corrected chi connectivity index (χ2v) is 8.29. The number of nitrogens with zero attached hydrogens (tertiary/aromatic N) is 1. The lowest BCUT2D eigenvalue weighted by Crippen LogP contribution is -2.14. The molecule has 0 heterocycles. The zero-order valence-corrected chi connectivity index (χ0v) is 19.3. The lowest BCUT2D eigenvalue weighted by atomic mass is 10.1. The molecule has 6 heteroatoms. The zero-order chi connectivity index (χ0) is 21.5. The first-order valence-corrected chi connectivity index (χ1v) is 10.7. The van der Waals surface area contributed by atoms with Crippen LogP contribution in [-0.4, -0.2) is 5.91 Å². The molecule has 0 atom stereocenters. The molecule has 3 aromatic carbocycles. The minimum absolute atomic E-state index is 0.0205. The van der Waals surface area contributed by atoms with Crippen LogP contribution in [0, 0.1) is 18.3 Å². The van der Waals surface area contributed by atoms with E-state index in [1.165, 1.54) is 6.08 Å². The van der Waals surface area contributed by atoms with E-state index in [1.54, 1.807) is 6.07 Å². The molecule has 0 aliphatic rings. The predicted octanol–water partition coefficient (Wildman–Crippen LogP) is 6.64. The van der Waals surface area contributed by atoms with Gasteiger partial charge < -0.3 is 10.1 Å². The van der Waals surface area contributed by atoms with Gasteiger partial charge in [-0.25, -0.2) is 0 Å². The maximum atomic E-state index is 12.7. The normalized spacial score (nSPS) is 10.9. The van der Waals surface area contributed by atoms with E-state index in [4.69, 9.17) is 4.74 Å². The van der Waals surface area contributed by atoms with Gasteiger partial charge in [0.1, 0.15) is 24.0 Å². The largest absolute Gasteiger partial charge is 0.487 e. The summed E-state index contributed by atoms with van der Waals surface area (Å²) in [6, 6.07) is 22.9. The van der Waals surface area contributed by atoms with Crippen LogP contribution in [0.2, 0.25) is 0 Å². The quantitative estimate of drug-likeness (QED) is 0.289. The number of ether oxygens (including phenoxy) is 1. The van der Waals surface area contributed by atoms with E-state index in [0.29, 0.717) is 23.6 Å². The summed E-state index contributed by atoms with van der Waals surface area (Å²) in [5, 5.41) is 12.4. The molecule has 0 saturated heterocycles. The van der Waals surface area contributed by atoms with Gasteiger partial charge in [-0.05, 0) is 58.3 Å². The lowest BCUT2D eigenvalue weighted by Gasteiger charge is -2.13. The third kappa shape index (κ3) is 5.59. The number of benzene rings is 3. The Kier molecular flexibility index (Phi) is 7.45. The van der Waals surface area contributed by atoms with Crippen LogP contribution in [0.25, 0.3) is 6.08 Å². The molecule has 0 radical (unpaired) electrons. The van der Waals surface area contributed by atoms with Crippen molar-refractivity contribution in [1.29, 1.82) is 5.26 Å². The summed E-state index contributed by atoms with van der Waals surface area (Å²) in [5.41, 5.74) is 3.19. The number of aryl methyl sites for hydroxylation is 1. The molecule has 0 spiro atoms. The molecule has 0 aromatic heterocycles. The van der Waals surface area contributed by atoms with Crippen molar-refractivity contribution in [2.45, 2.75) is 13.5 Å². The van der Waals surface area contributed by atoms with Crippen LogP contribution in [0.5, 0.6) is 5.75 Å². The summed E-state index contributed by atoms with van der Waals surface area (Å²) >= 11 is 6.97. The van der Waals surface area contributed by atoms with Crippen LogP contribution in [0.15, 0.2) is 81.2 Å². The summed E-state index contributed by atoms with van der Waals surface area (Å²) in [6.45, 7) is 2.26. The minimum Gasteiger partial charge on any atom is -0.487 e. The maximum Gasteiger partial charge on any atom is 0.266 e. The number of amides is 1. The Bertz CT molecular complexity index is 1140. The summed E-state index contributed by atoms with van der Waals surface area (Å²) in [7, 11) is 0. The summed E-state index contributed by atoms with van der Waals surface area (Å²) in [4.78, 5) is 12.7. The highest BCUT2D eigenvalue weighted by Crippen LogP contribution is 2.35. The average molecular weight is 526 g/mol. The topological polar surface area (TPSA) is 62.1 Å². The smallest absolute Gasteiger partial charge is 0.266 e. The number of nitriles is 1. The second kappa shape index (κ2) is 10.2. The Labute approximate surface area is 192 Å². The number of carbonyl (C=O) groups excluding carboxylic acids is 1. The van der Waals surface area contributed by atoms with Gasteiger partial charge in [0.25, 0.3) is 5.91 Å². The van der Waals surface area contributed by atoms with E-state index in [2.05, 4.69) is 37.2 Å². The molecule has 0 unspecified atom stereocenters. The minimum atomic E-state index is -0.475. The number of para-hydroxylation sites is 1. The number of hydrogen-bond donors (Lipinski definition) is 1. The van der Waals surface area contributed by atoms with E-state index in [1.807, 2.05) is 73.7 Å². The van der Waals surface area contributed by atoms with Gasteiger partial charge in [-0.3, -0.25) is 4.79 Å². The number of hydrogen-bond acceptors (Lipinski definition) is 3. The molecule has 0 fully saturated rings. The highest BCUT2D eigenvalue weighted by molar-refractivity contribution is 9.11. The molecule has 0 aliphatic heterocycles. The van der Waals surface area contributed by atoms with Gasteiger partial charge in [0.2, 0.25) is 0 Å². The van der Waals surface area contributed by atoms with Crippen molar-refractivity contribution < 1.29 is 9.53 Å². The van der Waals surface area contributed by atoms with Gasteiger partial charge in [0, 0.05) is 15.7 Å². The van der Waals surface area contributed by atoms with Crippen molar-refractivity contribution in [1.82, 2.24) is 0 Å². The standard InChI is InChI=1S/C24H18Br2N2O2/c1-16-7-5-6-10-22(16)28-24(29)19(14-27)11-18-12-20(25)13-21(26)23(18)30-15-17-8-3-2-4-9-17/h2-13H,15H2,1H3,(H,28,29)/b19-11+. The molecule has 0 bridgehead atoms. The predicted molar refractivity (Wildman–Crippen MR) is 126 cm³/mol. The first-order valence-electron chi connectivity index (χ1n) is 9.12. The van der Waals surface area contributed by atoms with E-state index >= 15 is 0 Å². The molecule has 3 aromatic rings. The van der Waals surface area contributed by atoms with Crippen LogP contribution >= 0.6 is 31.9 Å². The van der Waals surface area contributed by atoms with E-state index < -0.39 is 5.91 Å². The monoisotopic (exact) mass is 524 g/mol. The van der Waals surface area contributed by atoms with E-state index in [9.17, 15) is 10.1 Å². The fourth-order valence-corrected chi connectivity index (χ4v) is 4.15. The molecular weight excluding hydrogens is 508 g/mol. The Balaban J connectivity index is 1.90. The first kappa shape index (κ1) is 21.8.